The molecular formula is C14H14O3. The third kappa shape index (κ3) is 1.80. The van der Waals surface area contributed by atoms with Gasteiger partial charge in [-0.25, -0.2) is 0 Å². The van der Waals surface area contributed by atoms with E-state index in [2.05, 4.69) is 0 Å². The first kappa shape index (κ1) is 11.3. The number of aliphatic hydroxyl groups is 2. The summed E-state index contributed by atoms with van der Waals surface area (Å²) >= 11 is 0. The Morgan fingerprint density at radius 3 is 2.24 bits per heavy atom. The van der Waals surface area contributed by atoms with Crippen molar-refractivity contribution in [3.63, 3.8) is 0 Å². The average Bonchev–Trinajstić information content (AvgIpc) is 2.26. The molecule has 0 aliphatic carbocycles. The second kappa shape index (κ2) is 4.01. The molecule has 0 unspecified atom stereocenters. The Bertz CT molecular complexity index is 691. The van der Waals surface area contributed by atoms with Gasteiger partial charge in [-0.15, -0.1) is 0 Å². The standard InChI is InChI=1S/C14H14O3/c1-8(2)12-10-6-4-3-5-9(10)7-11(15)13(12)14(16)17/h3-7,15-17H,1-2H3. The average molecular weight is 230 g/mol. The van der Waals surface area contributed by atoms with Gasteiger partial charge in [0.05, 0.1) is 0 Å². The van der Waals surface area contributed by atoms with Crippen molar-refractivity contribution in [2.24, 2.45) is 0 Å². The van der Waals surface area contributed by atoms with E-state index in [4.69, 9.17) is 0 Å². The van der Waals surface area contributed by atoms with Gasteiger partial charge in [0.1, 0.15) is 11.0 Å². The Morgan fingerprint density at radius 1 is 1.00 bits per heavy atom. The summed E-state index contributed by atoms with van der Waals surface area (Å²) in [5, 5.41) is 31.0. The van der Waals surface area contributed by atoms with E-state index < -0.39 is 5.95 Å². The molecule has 0 fully saturated rings. The van der Waals surface area contributed by atoms with Crippen LogP contribution in [0.15, 0.2) is 30.3 Å². The number of hydrogen-bond donors (Lipinski definition) is 3. The van der Waals surface area contributed by atoms with Gasteiger partial charge in [-0.05, 0) is 35.9 Å². The maximum atomic E-state index is 9.85. The third-order valence-corrected chi connectivity index (χ3v) is 2.75. The molecule has 0 aromatic heterocycles. The Balaban J connectivity index is 3.26. The molecule has 3 nitrogen and oxygen atoms in total. The fourth-order valence-electron chi connectivity index (χ4n) is 2.08. The van der Waals surface area contributed by atoms with E-state index in [9.17, 15) is 15.3 Å². The number of phenolic OH excluding ortho intramolecular Hbond substituents is 1. The molecule has 0 atom stereocenters. The zero-order valence-corrected chi connectivity index (χ0v) is 9.73. The summed E-state index contributed by atoms with van der Waals surface area (Å²) in [4.78, 5) is 0. The highest BCUT2D eigenvalue weighted by Crippen LogP contribution is 2.13. The highest BCUT2D eigenvalue weighted by molar-refractivity contribution is 5.86. The second-order valence-electron chi connectivity index (χ2n) is 4.19. The summed E-state index contributed by atoms with van der Waals surface area (Å²) < 4.78 is 0. The summed E-state index contributed by atoms with van der Waals surface area (Å²) in [6.45, 7) is 3.74. The summed E-state index contributed by atoms with van der Waals surface area (Å²) in [7, 11) is 0. The summed E-state index contributed by atoms with van der Waals surface area (Å²) in [6.07, 6.45) is 0. The largest absolute Gasteiger partial charge is 0.507 e. The van der Waals surface area contributed by atoms with Gasteiger partial charge in [-0.1, -0.05) is 29.8 Å². The van der Waals surface area contributed by atoms with E-state index in [-0.39, 0.29) is 11.0 Å². The minimum absolute atomic E-state index is 0.0868. The molecule has 0 bridgehead atoms. The highest BCUT2D eigenvalue weighted by Gasteiger charge is 2.06. The minimum Gasteiger partial charge on any atom is -0.507 e. The highest BCUT2D eigenvalue weighted by atomic mass is 16.5. The molecule has 2 rings (SSSR count). The van der Waals surface area contributed by atoms with Crippen LogP contribution in [-0.4, -0.2) is 15.3 Å². The molecule has 2 aromatic rings. The van der Waals surface area contributed by atoms with E-state index >= 15 is 0 Å². The molecule has 0 spiro atoms. The Kier molecular flexibility index (Phi) is 2.68. The number of fused-ring (bicyclic) bond motifs is 1. The van der Waals surface area contributed by atoms with Crippen molar-refractivity contribution in [3.8, 4) is 5.75 Å². The van der Waals surface area contributed by atoms with Gasteiger partial charge in [-0.2, -0.15) is 0 Å². The van der Waals surface area contributed by atoms with Crippen LogP contribution in [0.5, 0.6) is 5.75 Å². The Morgan fingerprint density at radius 2 is 1.65 bits per heavy atom. The molecule has 0 aliphatic heterocycles. The Labute approximate surface area is 98.6 Å². The van der Waals surface area contributed by atoms with E-state index in [1.165, 1.54) is 6.07 Å². The van der Waals surface area contributed by atoms with Gasteiger partial charge in [0.15, 0.2) is 0 Å². The van der Waals surface area contributed by atoms with Gasteiger partial charge in [-0.3, -0.25) is 0 Å². The van der Waals surface area contributed by atoms with Crippen LogP contribution in [0.4, 0.5) is 0 Å². The second-order valence-corrected chi connectivity index (χ2v) is 4.19. The summed E-state index contributed by atoms with van der Waals surface area (Å²) in [5.41, 5.74) is 0.910. The summed E-state index contributed by atoms with van der Waals surface area (Å²) in [6, 6.07) is 9.05. The van der Waals surface area contributed by atoms with E-state index in [0.29, 0.717) is 5.22 Å². The molecule has 0 amide bonds. The zero-order chi connectivity index (χ0) is 12.6. The monoisotopic (exact) mass is 230 g/mol. The van der Waals surface area contributed by atoms with Crippen LogP contribution in [0.2, 0.25) is 0 Å². The van der Waals surface area contributed by atoms with Gasteiger partial charge in [0, 0.05) is 0 Å². The van der Waals surface area contributed by atoms with E-state index in [1.54, 1.807) is 0 Å². The fourth-order valence-corrected chi connectivity index (χ4v) is 2.08. The van der Waals surface area contributed by atoms with Gasteiger partial charge in [0.2, 0.25) is 0 Å². The number of aliphatic hydroxyl groups excluding tert-OH is 1. The number of rotatable bonds is 0. The number of phenols is 1. The van der Waals surface area contributed by atoms with Crippen molar-refractivity contribution < 1.29 is 15.3 Å². The van der Waals surface area contributed by atoms with Crippen LogP contribution >= 0.6 is 0 Å². The van der Waals surface area contributed by atoms with E-state index in [0.717, 1.165) is 16.3 Å². The maximum Gasteiger partial charge on any atom is 0.286 e. The van der Waals surface area contributed by atoms with Crippen molar-refractivity contribution in [1.29, 1.82) is 0 Å². The Hall–Kier alpha value is -2.16. The van der Waals surface area contributed by atoms with Crippen LogP contribution in [0, 0.1) is 0 Å². The van der Waals surface area contributed by atoms with Crippen molar-refractivity contribution in [2.75, 3.05) is 0 Å². The van der Waals surface area contributed by atoms with E-state index in [1.807, 2.05) is 38.1 Å². The van der Waals surface area contributed by atoms with Crippen molar-refractivity contribution in [1.82, 2.24) is 0 Å². The molecule has 17 heavy (non-hydrogen) atoms. The predicted octanol–water partition coefficient (Wildman–Crippen LogP) is 1.92. The number of benzene rings is 2. The first-order chi connectivity index (χ1) is 8.02. The molecule has 3 N–H and O–H groups in total. The van der Waals surface area contributed by atoms with Crippen molar-refractivity contribution >= 4 is 22.3 Å². The number of aromatic hydroxyl groups is 1. The molecule has 0 heterocycles. The number of hydrogen-bond acceptors (Lipinski definition) is 3. The van der Waals surface area contributed by atoms with Gasteiger partial charge in [0.25, 0.3) is 5.95 Å². The molecule has 2 aromatic carbocycles. The van der Waals surface area contributed by atoms with Gasteiger partial charge >= 0.3 is 0 Å². The van der Waals surface area contributed by atoms with Crippen molar-refractivity contribution in [3.05, 3.63) is 40.8 Å². The quantitative estimate of drug-likeness (QED) is 0.648. The molecule has 0 aliphatic rings. The molecule has 88 valence electrons. The molecule has 3 heteroatoms. The molecule has 0 saturated carbocycles. The lowest BCUT2D eigenvalue weighted by molar-refractivity contribution is 0.295. The van der Waals surface area contributed by atoms with Crippen molar-refractivity contribution in [2.45, 2.75) is 13.8 Å². The molecular weight excluding hydrogens is 216 g/mol. The molecule has 0 saturated heterocycles. The fraction of sp³-hybridized carbons (Fsp3) is 0.143. The first-order valence-electron chi connectivity index (χ1n) is 5.33. The van der Waals surface area contributed by atoms with Crippen LogP contribution in [0.3, 0.4) is 0 Å². The normalized spacial score (nSPS) is 10.5. The zero-order valence-electron chi connectivity index (χ0n) is 9.73. The lowest BCUT2D eigenvalue weighted by Gasteiger charge is -2.04. The van der Waals surface area contributed by atoms with Crippen LogP contribution < -0.4 is 10.4 Å². The smallest absolute Gasteiger partial charge is 0.286 e. The first-order valence-corrected chi connectivity index (χ1v) is 5.33. The van der Waals surface area contributed by atoms with Crippen LogP contribution in [0.1, 0.15) is 13.8 Å². The SMILES string of the molecule is CC(C)=c1c(=C(O)O)c(O)cc2ccccc12. The van der Waals surface area contributed by atoms with Crippen LogP contribution in [0.25, 0.3) is 22.3 Å². The predicted molar refractivity (Wildman–Crippen MR) is 68.3 cm³/mol. The maximum absolute atomic E-state index is 9.85. The lowest BCUT2D eigenvalue weighted by atomic mass is 10.0. The lowest BCUT2D eigenvalue weighted by Crippen LogP contribution is -2.29. The minimum atomic E-state index is -0.857. The third-order valence-electron chi connectivity index (χ3n) is 2.75. The van der Waals surface area contributed by atoms with Gasteiger partial charge < -0.3 is 15.3 Å². The summed E-state index contributed by atoms with van der Waals surface area (Å²) in [5.74, 6) is -0.982. The molecule has 0 radical (unpaired) electrons. The van der Waals surface area contributed by atoms with Crippen LogP contribution in [-0.2, 0) is 0 Å². The topological polar surface area (TPSA) is 60.7 Å².